The molecule has 37 heavy (non-hydrogen) atoms. The SMILES string of the molecule is CCOc1cc(C(=O)NCCn2ncc3c(N4CCCCC4)nc(SC)nc32)cc(OCC)c1OCC. The van der Waals surface area contributed by atoms with E-state index < -0.39 is 0 Å². The van der Waals surface area contributed by atoms with Crippen molar-refractivity contribution in [3.63, 3.8) is 0 Å². The van der Waals surface area contributed by atoms with Gasteiger partial charge in [0.1, 0.15) is 5.82 Å². The summed E-state index contributed by atoms with van der Waals surface area (Å²) in [7, 11) is 0. The molecule has 4 rings (SSSR count). The molecule has 0 bridgehead atoms. The van der Waals surface area contributed by atoms with Gasteiger partial charge in [0.15, 0.2) is 22.3 Å². The van der Waals surface area contributed by atoms with Crippen molar-refractivity contribution in [3.05, 3.63) is 23.9 Å². The Morgan fingerprint density at radius 2 is 1.68 bits per heavy atom. The number of benzene rings is 1. The second-order valence-corrected chi connectivity index (χ2v) is 9.32. The minimum atomic E-state index is -0.227. The topological polar surface area (TPSA) is 104 Å². The summed E-state index contributed by atoms with van der Waals surface area (Å²) in [5, 5.41) is 9.23. The lowest BCUT2D eigenvalue weighted by atomic mass is 10.1. The number of ether oxygens (including phenoxy) is 3. The third-order valence-corrected chi connectivity index (χ3v) is 6.62. The second kappa shape index (κ2) is 12.8. The molecule has 3 heterocycles. The van der Waals surface area contributed by atoms with Crippen LogP contribution in [0, 0.1) is 0 Å². The Kier molecular flexibility index (Phi) is 9.32. The zero-order valence-electron chi connectivity index (χ0n) is 22.1. The van der Waals surface area contributed by atoms with Crippen LogP contribution < -0.4 is 24.4 Å². The average molecular weight is 529 g/mol. The molecule has 1 N–H and O–H groups in total. The molecule has 2 aromatic heterocycles. The maximum absolute atomic E-state index is 13.1. The van der Waals surface area contributed by atoms with E-state index in [-0.39, 0.29) is 5.91 Å². The molecule has 0 atom stereocenters. The number of anilines is 1. The van der Waals surface area contributed by atoms with E-state index in [0.717, 1.165) is 35.1 Å². The van der Waals surface area contributed by atoms with Crippen LogP contribution in [0.2, 0.25) is 0 Å². The zero-order chi connectivity index (χ0) is 26.2. The third-order valence-electron chi connectivity index (χ3n) is 6.07. The van der Waals surface area contributed by atoms with Crippen molar-refractivity contribution < 1.29 is 19.0 Å². The Bertz CT molecular complexity index is 1180. The molecule has 0 radical (unpaired) electrons. The fourth-order valence-electron chi connectivity index (χ4n) is 4.42. The summed E-state index contributed by atoms with van der Waals surface area (Å²) < 4.78 is 19.1. The number of rotatable bonds is 12. The van der Waals surface area contributed by atoms with E-state index in [9.17, 15) is 4.79 Å². The Morgan fingerprint density at radius 1 is 1.00 bits per heavy atom. The molecule has 0 unspecified atom stereocenters. The van der Waals surface area contributed by atoms with Crippen LogP contribution in [0.25, 0.3) is 11.0 Å². The third kappa shape index (κ3) is 6.20. The standard InChI is InChI=1S/C26H36N6O4S/c1-5-34-20-15-18(16-21(35-6-2)22(20)36-7-3)25(33)27-11-14-32-24-19(17-28-32)23(29-26(30-24)37-4)31-12-9-8-10-13-31/h15-17H,5-14H2,1-4H3,(H,27,33). The molecule has 1 saturated heterocycles. The maximum Gasteiger partial charge on any atom is 0.251 e. The lowest BCUT2D eigenvalue weighted by Gasteiger charge is -2.28. The first-order valence-electron chi connectivity index (χ1n) is 13.0. The van der Waals surface area contributed by atoms with Gasteiger partial charge in [-0.15, -0.1) is 0 Å². The van der Waals surface area contributed by atoms with Crippen LogP contribution in [0.3, 0.4) is 0 Å². The van der Waals surface area contributed by atoms with Crippen molar-refractivity contribution in [1.29, 1.82) is 0 Å². The fraction of sp³-hybridized carbons (Fsp3) is 0.538. The van der Waals surface area contributed by atoms with Gasteiger partial charge in [0.05, 0.1) is 37.9 Å². The van der Waals surface area contributed by atoms with Gasteiger partial charge in [-0.25, -0.2) is 14.6 Å². The monoisotopic (exact) mass is 528 g/mol. The Hall–Kier alpha value is -3.21. The number of fused-ring (bicyclic) bond motifs is 1. The first kappa shape index (κ1) is 26.8. The van der Waals surface area contributed by atoms with Gasteiger partial charge in [-0.1, -0.05) is 11.8 Å². The molecule has 0 saturated carbocycles. The number of thioether (sulfide) groups is 1. The van der Waals surface area contributed by atoms with Crippen LogP contribution in [0.5, 0.6) is 17.2 Å². The summed E-state index contributed by atoms with van der Waals surface area (Å²) in [6, 6.07) is 3.39. The van der Waals surface area contributed by atoms with Crippen molar-refractivity contribution in [2.24, 2.45) is 0 Å². The van der Waals surface area contributed by atoms with Crippen LogP contribution in [-0.2, 0) is 6.54 Å². The molecule has 1 aliphatic heterocycles. The molecular weight excluding hydrogens is 492 g/mol. The molecule has 11 heteroatoms. The predicted octanol–water partition coefficient (Wildman–Crippen LogP) is 4.16. The molecule has 1 aromatic carbocycles. The van der Waals surface area contributed by atoms with Crippen molar-refractivity contribution in [2.75, 3.05) is 50.6 Å². The van der Waals surface area contributed by atoms with Crippen LogP contribution in [0.1, 0.15) is 50.4 Å². The number of amides is 1. The Labute approximate surface area is 222 Å². The van der Waals surface area contributed by atoms with E-state index in [4.69, 9.17) is 24.2 Å². The number of hydrogen-bond donors (Lipinski definition) is 1. The molecule has 1 aliphatic rings. The summed E-state index contributed by atoms with van der Waals surface area (Å²) in [4.78, 5) is 24.9. The molecule has 200 valence electrons. The number of hydrogen-bond acceptors (Lipinski definition) is 9. The van der Waals surface area contributed by atoms with Gasteiger partial charge in [-0.05, 0) is 58.4 Å². The number of carbonyl (C=O) groups is 1. The smallest absolute Gasteiger partial charge is 0.251 e. The van der Waals surface area contributed by atoms with Crippen LogP contribution >= 0.6 is 11.8 Å². The van der Waals surface area contributed by atoms with Crippen molar-refractivity contribution in [3.8, 4) is 17.2 Å². The minimum absolute atomic E-state index is 0.227. The molecule has 3 aromatic rings. The van der Waals surface area contributed by atoms with E-state index in [1.54, 1.807) is 12.1 Å². The molecule has 1 fully saturated rings. The van der Waals surface area contributed by atoms with E-state index in [2.05, 4.69) is 15.3 Å². The Morgan fingerprint density at radius 3 is 2.30 bits per heavy atom. The van der Waals surface area contributed by atoms with Crippen LogP contribution in [-0.4, -0.2) is 71.4 Å². The van der Waals surface area contributed by atoms with Crippen LogP contribution in [0.15, 0.2) is 23.5 Å². The molecule has 1 amide bonds. The summed E-state index contributed by atoms with van der Waals surface area (Å²) >= 11 is 1.52. The first-order chi connectivity index (χ1) is 18.1. The summed E-state index contributed by atoms with van der Waals surface area (Å²) in [6.45, 7) is 9.89. The highest BCUT2D eigenvalue weighted by molar-refractivity contribution is 7.98. The summed E-state index contributed by atoms with van der Waals surface area (Å²) in [6.07, 6.45) is 7.40. The molecular formula is C26H36N6O4S. The maximum atomic E-state index is 13.1. The van der Waals surface area contributed by atoms with Crippen molar-refractivity contribution in [1.82, 2.24) is 25.1 Å². The van der Waals surface area contributed by atoms with Gasteiger partial charge < -0.3 is 24.4 Å². The van der Waals surface area contributed by atoms with Gasteiger partial charge in [0.25, 0.3) is 5.91 Å². The molecule has 0 spiro atoms. The van der Waals surface area contributed by atoms with Gasteiger partial charge in [-0.2, -0.15) is 5.10 Å². The Balaban J connectivity index is 1.51. The summed E-state index contributed by atoms with van der Waals surface area (Å²) in [5.74, 6) is 2.22. The number of nitrogens with one attached hydrogen (secondary N) is 1. The quantitative estimate of drug-likeness (QED) is 0.274. The van der Waals surface area contributed by atoms with Gasteiger partial charge in [0.2, 0.25) is 5.75 Å². The highest BCUT2D eigenvalue weighted by atomic mass is 32.2. The minimum Gasteiger partial charge on any atom is -0.490 e. The van der Waals surface area contributed by atoms with Crippen molar-refractivity contribution in [2.45, 2.75) is 51.7 Å². The van der Waals surface area contributed by atoms with Crippen LogP contribution in [0.4, 0.5) is 5.82 Å². The van der Waals surface area contributed by atoms with Gasteiger partial charge in [0, 0.05) is 25.2 Å². The largest absolute Gasteiger partial charge is 0.490 e. The van der Waals surface area contributed by atoms with Gasteiger partial charge in [-0.3, -0.25) is 4.79 Å². The first-order valence-corrected chi connectivity index (χ1v) is 14.2. The fourth-order valence-corrected chi connectivity index (χ4v) is 4.78. The van der Waals surface area contributed by atoms with E-state index in [1.165, 1.54) is 31.0 Å². The van der Waals surface area contributed by atoms with Gasteiger partial charge >= 0.3 is 0 Å². The molecule has 0 aliphatic carbocycles. The van der Waals surface area contributed by atoms with E-state index in [1.807, 2.05) is 37.9 Å². The zero-order valence-corrected chi connectivity index (χ0v) is 22.9. The second-order valence-electron chi connectivity index (χ2n) is 8.54. The lowest BCUT2D eigenvalue weighted by molar-refractivity contribution is 0.0951. The van der Waals surface area contributed by atoms with Crippen molar-refractivity contribution >= 4 is 34.5 Å². The highest BCUT2D eigenvalue weighted by Gasteiger charge is 2.21. The lowest BCUT2D eigenvalue weighted by Crippen LogP contribution is -2.30. The predicted molar refractivity (Wildman–Crippen MR) is 145 cm³/mol. The average Bonchev–Trinajstić information content (AvgIpc) is 3.33. The van der Waals surface area contributed by atoms with E-state index in [0.29, 0.717) is 55.7 Å². The number of carbonyl (C=O) groups excluding carboxylic acids is 1. The highest BCUT2D eigenvalue weighted by Crippen LogP contribution is 2.39. The number of aromatic nitrogens is 4. The number of piperidine rings is 1. The van der Waals surface area contributed by atoms with E-state index >= 15 is 0 Å². The number of nitrogens with zero attached hydrogens (tertiary/aromatic N) is 5. The normalized spacial score (nSPS) is 13.6. The summed E-state index contributed by atoms with van der Waals surface area (Å²) in [5.41, 5.74) is 1.23. The molecule has 10 nitrogen and oxygen atoms in total.